The first kappa shape index (κ1) is 20.4. The van der Waals surface area contributed by atoms with Crippen molar-refractivity contribution in [3.8, 4) is 22.6 Å². The molecule has 0 spiro atoms. The van der Waals surface area contributed by atoms with Gasteiger partial charge in [0.2, 0.25) is 0 Å². The van der Waals surface area contributed by atoms with E-state index in [0.717, 1.165) is 28.0 Å². The SMILES string of the molecule is CN=C/C(=C\c1cc(OC)c(OC)cc1C)c1cccc(-c2ccccc2)c1C. The van der Waals surface area contributed by atoms with Crippen LogP contribution in [0.5, 0.6) is 11.5 Å². The molecule has 0 saturated carbocycles. The molecule has 3 rings (SSSR count). The Bertz CT molecular complexity index is 1050. The molecule has 0 N–H and O–H groups in total. The summed E-state index contributed by atoms with van der Waals surface area (Å²) in [4.78, 5) is 4.31. The van der Waals surface area contributed by atoms with Gasteiger partial charge in [-0.05, 0) is 65.4 Å². The van der Waals surface area contributed by atoms with Crippen molar-refractivity contribution in [2.75, 3.05) is 21.3 Å². The number of hydrogen-bond acceptors (Lipinski definition) is 3. The van der Waals surface area contributed by atoms with E-state index in [1.807, 2.05) is 24.4 Å². The maximum atomic E-state index is 5.49. The second kappa shape index (κ2) is 9.24. The van der Waals surface area contributed by atoms with E-state index in [2.05, 4.69) is 67.4 Å². The van der Waals surface area contributed by atoms with Crippen LogP contribution in [0.3, 0.4) is 0 Å². The molecule has 0 aliphatic rings. The fourth-order valence-electron chi connectivity index (χ4n) is 3.52. The lowest BCUT2D eigenvalue weighted by molar-refractivity contribution is 0.354. The number of aryl methyl sites for hydroxylation is 1. The third-order valence-electron chi connectivity index (χ3n) is 5.08. The van der Waals surface area contributed by atoms with E-state index in [9.17, 15) is 0 Å². The lowest BCUT2D eigenvalue weighted by atomic mass is 9.91. The topological polar surface area (TPSA) is 30.8 Å². The van der Waals surface area contributed by atoms with Crippen molar-refractivity contribution < 1.29 is 9.47 Å². The van der Waals surface area contributed by atoms with Gasteiger partial charge in [0.25, 0.3) is 0 Å². The first-order valence-electron chi connectivity index (χ1n) is 9.61. The molecule has 0 amide bonds. The van der Waals surface area contributed by atoms with E-state index in [0.29, 0.717) is 5.75 Å². The van der Waals surface area contributed by atoms with Crippen LogP contribution in [0, 0.1) is 13.8 Å². The summed E-state index contributed by atoms with van der Waals surface area (Å²) in [7, 11) is 5.11. The van der Waals surface area contributed by atoms with Gasteiger partial charge in [-0.3, -0.25) is 4.99 Å². The minimum atomic E-state index is 0.715. The first-order valence-corrected chi connectivity index (χ1v) is 9.61. The van der Waals surface area contributed by atoms with E-state index in [-0.39, 0.29) is 0 Å². The summed E-state index contributed by atoms with van der Waals surface area (Å²) in [5.74, 6) is 1.45. The molecule has 3 aromatic carbocycles. The summed E-state index contributed by atoms with van der Waals surface area (Å²) in [5, 5.41) is 0. The summed E-state index contributed by atoms with van der Waals surface area (Å²) in [6.07, 6.45) is 4.06. The number of methoxy groups -OCH3 is 2. The van der Waals surface area contributed by atoms with Gasteiger partial charge in [-0.25, -0.2) is 0 Å². The molecular weight excluding hydrogens is 358 g/mol. The molecule has 3 aromatic rings. The maximum absolute atomic E-state index is 5.49. The Labute approximate surface area is 173 Å². The number of rotatable bonds is 6. The molecule has 0 radical (unpaired) electrons. The Morgan fingerprint density at radius 2 is 1.55 bits per heavy atom. The highest BCUT2D eigenvalue weighted by Crippen LogP contribution is 2.34. The summed E-state index contributed by atoms with van der Waals surface area (Å²) in [6.45, 7) is 4.23. The van der Waals surface area contributed by atoms with Gasteiger partial charge in [-0.2, -0.15) is 0 Å². The predicted molar refractivity (Wildman–Crippen MR) is 123 cm³/mol. The van der Waals surface area contributed by atoms with Crippen LogP contribution in [-0.2, 0) is 0 Å². The van der Waals surface area contributed by atoms with Gasteiger partial charge < -0.3 is 9.47 Å². The van der Waals surface area contributed by atoms with E-state index >= 15 is 0 Å². The molecule has 0 fully saturated rings. The minimum Gasteiger partial charge on any atom is -0.493 e. The van der Waals surface area contributed by atoms with Gasteiger partial charge in [-0.1, -0.05) is 48.5 Å². The van der Waals surface area contributed by atoms with Crippen LogP contribution in [0.15, 0.2) is 65.7 Å². The third kappa shape index (κ3) is 4.40. The van der Waals surface area contributed by atoms with Gasteiger partial charge in [0.05, 0.1) is 14.2 Å². The summed E-state index contributed by atoms with van der Waals surface area (Å²) >= 11 is 0. The number of hydrogen-bond donors (Lipinski definition) is 0. The maximum Gasteiger partial charge on any atom is 0.161 e. The molecule has 0 aliphatic carbocycles. The number of nitrogens with zero attached hydrogens (tertiary/aromatic N) is 1. The normalized spacial score (nSPS) is 11.7. The van der Waals surface area contributed by atoms with Crippen LogP contribution in [0.25, 0.3) is 22.8 Å². The third-order valence-corrected chi connectivity index (χ3v) is 5.08. The molecule has 0 bridgehead atoms. The lowest BCUT2D eigenvalue weighted by Gasteiger charge is -2.14. The summed E-state index contributed by atoms with van der Waals surface area (Å²) < 4.78 is 10.9. The van der Waals surface area contributed by atoms with Crippen LogP contribution in [0.1, 0.15) is 22.3 Å². The zero-order chi connectivity index (χ0) is 20.8. The number of benzene rings is 3. The molecule has 0 unspecified atom stereocenters. The van der Waals surface area contributed by atoms with Crippen molar-refractivity contribution in [2.45, 2.75) is 13.8 Å². The lowest BCUT2D eigenvalue weighted by Crippen LogP contribution is -1.96. The van der Waals surface area contributed by atoms with E-state index in [4.69, 9.17) is 9.47 Å². The summed E-state index contributed by atoms with van der Waals surface area (Å²) in [5.41, 5.74) is 8.06. The quantitative estimate of drug-likeness (QED) is 0.372. The molecule has 0 aliphatic heterocycles. The average molecular weight is 386 g/mol. The second-order valence-electron chi connectivity index (χ2n) is 6.89. The summed E-state index contributed by atoms with van der Waals surface area (Å²) in [6, 6.07) is 20.9. The van der Waals surface area contributed by atoms with Crippen LogP contribution >= 0.6 is 0 Å². The molecule has 29 heavy (non-hydrogen) atoms. The fraction of sp³-hybridized carbons (Fsp3) is 0.192. The molecule has 0 aromatic heterocycles. The van der Waals surface area contributed by atoms with Crippen LogP contribution in [-0.4, -0.2) is 27.5 Å². The van der Waals surface area contributed by atoms with Crippen molar-refractivity contribution in [2.24, 2.45) is 4.99 Å². The predicted octanol–water partition coefficient (Wildman–Crippen LogP) is 6.23. The van der Waals surface area contributed by atoms with Crippen molar-refractivity contribution in [1.82, 2.24) is 0 Å². The van der Waals surface area contributed by atoms with Crippen molar-refractivity contribution >= 4 is 17.9 Å². The molecule has 0 heterocycles. The van der Waals surface area contributed by atoms with E-state index in [1.54, 1.807) is 21.3 Å². The monoisotopic (exact) mass is 385 g/mol. The first-order chi connectivity index (χ1) is 14.1. The van der Waals surface area contributed by atoms with Gasteiger partial charge in [0.15, 0.2) is 11.5 Å². The molecule has 3 nitrogen and oxygen atoms in total. The van der Waals surface area contributed by atoms with Gasteiger partial charge in [0.1, 0.15) is 0 Å². The van der Waals surface area contributed by atoms with Crippen molar-refractivity contribution in [3.05, 3.63) is 82.9 Å². The van der Waals surface area contributed by atoms with E-state index < -0.39 is 0 Å². The zero-order valence-electron chi connectivity index (χ0n) is 17.7. The Kier molecular flexibility index (Phi) is 6.50. The largest absolute Gasteiger partial charge is 0.493 e. The zero-order valence-corrected chi connectivity index (χ0v) is 17.7. The van der Waals surface area contributed by atoms with Gasteiger partial charge >= 0.3 is 0 Å². The second-order valence-corrected chi connectivity index (χ2v) is 6.89. The van der Waals surface area contributed by atoms with Crippen LogP contribution in [0.4, 0.5) is 0 Å². The number of aliphatic imine (C=N–C) groups is 1. The molecule has 0 atom stereocenters. The fourth-order valence-corrected chi connectivity index (χ4v) is 3.52. The Hall–Kier alpha value is -3.33. The minimum absolute atomic E-state index is 0.715. The Morgan fingerprint density at radius 3 is 2.21 bits per heavy atom. The van der Waals surface area contributed by atoms with E-state index in [1.165, 1.54) is 16.7 Å². The van der Waals surface area contributed by atoms with Crippen molar-refractivity contribution in [3.63, 3.8) is 0 Å². The van der Waals surface area contributed by atoms with Crippen molar-refractivity contribution in [1.29, 1.82) is 0 Å². The average Bonchev–Trinajstić information content (AvgIpc) is 2.75. The number of allylic oxidation sites excluding steroid dienone is 1. The van der Waals surface area contributed by atoms with Gasteiger partial charge in [-0.15, -0.1) is 0 Å². The molecule has 148 valence electrons. The van der Waals surface area contributed by atoms with Crippen LogP contribution < -0.4 is 9.47 Å². The standard InChI is InChI=1S/C26H27NO2/c1-18-14-25(28-4)26(29-5)16-21(18)15-22(17-27-3)24-13-9-12-23(19(24)2)20-10-7-6-8-11-20/h6-17H,1-5H3/b22-15+,27-17?. The highest BCUT2D eigenvalue weighted by molar-refractivity contribution is 6.16. The van der Waals surface area contributed by atoms with Crippen LogP contribution in [0.2, 0.25) is 0 Å². The Morgan fingerprint density at radius 1 is 0.862 bits per heavy atom. The molecular formula is C26H27NO2. The molecule has 0 saturated heterocycles. The number of ether oxygens (including phenoxy) is 2. The highest BCUT2D eigenvalue weighted by atomic mass is 16.5. The smallest absolute Gasteiger partial charge is 0.161 e. The molecule has 3 heteroatoms. The van der Waals surface area contributed by atoms with Gasteiger partial charge in [0, 0.05) is 18.8 Å². The Balaban J connectivity index is 2.15. The highest BCUT2D eigenvalue weighted by Gasteiger charge is 2.12.